The van der Waals surface area contributed by atoms with Crippen molar-refractivity contribution in [3.8, 4) is 0 Å². The van der Waals surface area contributed by atoms with E-state index in [0.29, 0.717) is 18.7 Å². The largest absolute Gasteiger partial charge is 0.461 e. The van der Waals surface area contributed by atoms with Gasteiger partial charge in [0.15, 0.2) is 0 Å². The number of rotatable bonds is 4. The standard InChI is InChI=1S/C15H14FNO2/c1-2-19-15(18)14-8-5-12(10-17-14)9-11-3-6-13(16)7-4-11/h3-8,10H,2,9H2,1H3. The summed E-state index contributed by atoms with van der Waals surface area (Å²) in [6.07, 6.45) is 2.28. The predicted molar refractivity (Wildman–Crippen MR) is 69.4 cm³/mol. The monoisotopic (exact) mass is 259 g/mol. The molecule has 0 aliphatic carbocycles. The normalized spacial score (nSPS) is 10.2. The average Bonchev–Trinajstić information content (AvgIpc) is 2.42. The Bertz CT molecular complexity index is 549. The van der Waals surface area contributed by atoms with Crippen LogP contribution in [0.5, 0.6) is 0 Å². The van der Waals surface area contributed by atoms with Crippen LogP contribution in [0, 0.1) is 5.82 Å². The third kappa shape index (κ3) is 3.61. The molecule has 0 aliphatic heterocycles. The molecule has 1 aromatic carbocycles. The van der Waals surface area contributed by atoms with Crippen molar-refractivity contribution in [1.82, 2.24) is 4.98 Å². The van der Waals surface area contributed by atoms with Crippen LogP contribution >= 0.6 is 0 Å². The van der Waals surface area contributed by atoms with Gasteiger partial charge in [-0.05, 0) is 42.7 Å². The van der Waals surface area contributed by atoms with E-state index in [1.807, 2.05) is 6.07 Å². The number of hydrogen-bond acceptors (Lipinski definition) is 3. The number of esters is 1. The zero-order valence-corrected chi connectivity index (χ0v) is 10.6. The highest BCUT2D eigenvalue weighted by Crippen LogP contribution is 2.10. The maximum Gasteiger partial charge on any atom is 0.356 e. The highest BCUT2D eigenvalue weighted by Gasteiger charge is 2.07. The maximum atomic E-state index is 12.8. The molecule has 0 spiro atoms. The fraction of sp³-hybridized carbons (Fsp3) is 0.200. The molecule has 98 valence electrons. The van der Waals surface area contributed by atoms with Gasteiger partial charge in [-0.25, -0.2) is 14.2 Å². The lowest BCUT2D eigenvalue weighted by Crippen LogP contribution is -2.07. The molecule has 0 aliphatic rings. The number of ether oxygens (including phenoxy) is 1. The highest BCUT2D eigenvalue weighted by molar-refractivity contribution is 5.87. The van der Waals surface area contributed by atoms with E-state index in [1.54, 1.807) is 31.3 Å². The summed E-state index contributed by atoms with van der Waals surface area (Å²) in [5, 5.41) is 0. The summed E-state index contributed by atoms with van der Waals surface area (Å²) in [6, 6.07) is 9.77. The molecule has 0 bridgehead atoms. The minimum absolute atomic E-state index is 0.250. The second-order valence-electron chi connectivity index (χ2n) is 4.08. The number of nitrogens with zero attached hydrogens (tertiary/aromatic N) is 1. The molecule has 0 radical (unpaired) electrons. The van der Waals surface area contributed by atoms with E-state index in [2.05, 4.69) is 4.98 Å². The molecule has 2 aromatic rings. The van der Waals surface area contributed by atoms with Crippen molar-refractivity contribution in [1.29, 1.82) is 0 Å². The summed E-state index contributed by atoms with van der Waals surface area (Å²) >= 11 is 0. The second-order valence-corrected chi connectivity index (χ2v) is 4.08. The van der Waals surface area contributed by atoms with Gasteiger partial charge in [-0.1, -0.05) is 18.2 Å². The van der Waals surface area contributed by atoms with Crippen molar-refractivity contribution in [2.75, 3.05) is 6.61 Å². The van der Waals surface area contributed by atoms with Crippen LogP contribution in [0.4, 0.5) is 4.39 Å². The minimum atomic E-state index is -0.421. The Balaban J connectivity index is 2.06. The molecule has 0 amide bonds. The van der Waals surface area contributed by atoms with Gasteiger partial charge < -0.3 is 4.74 Å². The average molecular weight is 259 g/mol. The number of carbonyl (C=O) groups is 1. The Hall–Kier alpha value is -2.23. The first kappa shape index (κ1) is 13.2. The highest BCUT2D eigenvalue weighted by atomic mass is 19.1. The number of hydrogen-bond donors (Lipinski definition) is 0. The van der Waals surface area contributed by atoms with E-state index < -0.39 is 5.97 Å². The number of pyridine rings is 1. The molecule has 19 heavy (non-hydrogen) atoms. The molecule has 0 unspecified atom stereocenters. The lowest BCUT2D eigenvalue weighted by molar-refractivity contribution is 0.0519. The van der Waals surface area contributed by atoms with E-state index in [-0.39, 0.29) is 5.82 Å². The topological polar surface area (TPSA) is 39.2 Å². The van der Waals surface area contributed by atoms with Crippen molar-refractivity contribution in [2.24, 2.45) is 0 Å². The molecule has 0 atom stereocenters. The minimum Gasteiger partial charge on any atom is -0.461 e. The first-order chi connectivity index (χ1) is 9.19. The Morgan fingerprint density at radius 1 is 1.16 bits per heavy atom. The molecule has 1 aromatic heterocycles. The summed E-state index contributed by atoms with van der Waals surface area (Å²) in [6.45, 7) is 2.08. The molecule has 0 N–H and O–H groups in total. The van der Waals surface area contributed by atoms with Crippen molar-refractivity contribution in [3.05, 3.63) is 65.2 Å². The van der Waals surface area contributed by atoms with Crippen LogP contribution in [0.25, 0.3) is 0 Å². The van der Waals surface area contributed by atoms with Crippen molar-refractivity contribution in [2.45, 2.75) is 13.3 Å². The summed E-state index contributed by atoms with van der Waals surface area (Å²) < 4.78 is 17.6. The van der Waals surface area contributed by atoms with Gasteiger partial charge in [0.2, 0.25) is 0 Å². The Kier molecular flexibility index (Phi) is 4.23. The quantitative estimate of drug-likeness (QED) is 0.792. The SMILES string of the molecule is CCOC(=O)c1ccc(Cc2ccc(F)cc2)cn1. The lowest BCUT2D eigenvalue weighted by Gasteiger charge is -2.04. The maximum absolute atomic E-state index is 12.8. The van der Waals surface area contributed by atoms with Gasteiger partial charge in [-0.2, -0.15) is 0 Å². The van der Waals surface area contributed by atoms with Crippen LogP contribution < -0.4 is 0 Å². The summed E-state index contributed by atoms with van der Waals surface area (Å²) in [4.78, 5) is 15.5. The third-order valence-electron chi connectivity index (χ3n) is 2.63. The number of aromatic nitrogens is 1. The molecule has 2 rings (SSSR count). The van der Waals surface area contributed by atoms with Crippen molar-refractivity contribution in [3.63, 3.8) is 0 Å². The van der Waals surface area contributed by atoms with Crippen molar-refractivity contribution >= 4 is 5.97 Å². The zero-order chi connectivity index (χ0) is 13.7. The molecule has 0 fully saturated rings. The van der Waals surface area contributed by atoms with Crippen LogP contribution in [0.15, 0.2) is 42.6 Å². The fourth-order valence-corrected chi connectivity index (χ4v) is 1.69. The van der Waals surface area contributed by atoms with Gasteiger partial charge in [0.25, 0.3) is 0 Å². The van der Waals surface area contributed by atoms with E-state index in [1.165, 1.54) is 12.1 Å². The zero-order valence-electron chi connectivity index (χ0n) is 10.6. The van der Waals surface area contributed by atoms with Crippen LogP contribution in [0.1, 0.15) is 28.5 Å². The number of halogens is 1. The van der Waals surface area contributed by atoms with Gasteiger partial charge in [-0.15, -0.1) is 0 Å². The smallest absolute Gasteiger partial charge is 0.356 e. The summed E-state index contributed by atoms with van der Waals surface area (Å²) in [5.41, 5.74) is 2.25. The van der Waals surface area contributed by atoms with Gasteiger partial charge in [0, 0.05) is 6.20 Å². The second kappa shape index (κ2) is 6.09. The van der Waals surface area contributed by atoms with Crippen molar-refractivity contribution < 1.29 is 13.9 Å². The molecular formula is C15H14FNO2. The summed E-state index contributed by atoms with van der Waals surface area (Å²) in [7, 11) is 0. The Morgan fingerprint density at radius 3 is 2.42 bits per heavy atom. The number of benzene rings is 1. The predicted octanol–water partition coefficient (Wildman–Crippen LogP) is 2.99. The first-order valence-corrected chi connectivity index (χ1v) is 6.05. The molecule has 3 nitrogen and oxygen atoms in total. The molecular weight excluding hydrogens is 245 g/mol. The Labute approximate surface area is 111 Å². The lowest BCUT2D eigenvalue weighted by atomic mass is 10.1. The fourth-order valence-electron chi connectivity index (χ4n) is 1.69. The molecule has 0 saturated heterocycles. The number of carbonyl (C=O) groups excluding carboxylic acids is 1. The van der Waals surface area contributed by atoms with Gasteiger partial charge in [-0.3, -0.25) is 0 Å². The van der Waals surface area contributed by atoms with Crippen LogP contribution in [0.3, 0.4) is 0 Å². The van der Waals surface area contributed by atoms with Crippen LogP contribution in [0.2, 0.25) is 0 Å². The molecule has 4 heteroatoms. The van der Waals surface area contributed by atoms with E-state index >= 15 is 0 Å². The van der Waals surface area contributed by atoms with E-state index in [0.717, 1.165) is 11.1 Å². The Morgan fingerprint density at radius 2 is 1.84 bits per heavy atom. The van der Waals surface area contributed by atoms with Gasteiger partial charge in [0.05, 0.1) is 6.61 Å². The molecule has 0 saturated carbocycles. The van der Waals surface area contributed by atoms with E-state index in [9.17, 15) is 9.18 Å². The van der Waals surface area contributed by atoms with E-state index in [4.69, 9.17) is 4.74 Å². The first-order valence-electron chi connectivity index (χ1n) is 6.05. The van der Waals surface area contributed by atoms with Gasteiger partial charge >= 0.3 is 5.97 Å². The summed E-state index contributed by atoms with van der Waals surface area (Å²) in [5.74, 6) is -0.671. The van der Waals surface area contributed by atoms with Crippen LogP contribution in [-0.2, 0) is 11.2 Å². The van der Waals surface area contributed by atoms with Gasteiger partial charge in [0.1, 0.15) is 11.5 Å². The van der Waals surface area contributed by atoms with Crippen LogP contribution in [-0.4, -0.2) is 17.6 Å². The molecule has 1 heterocycles. The third-order valence-corrected chi connectivity index (χ3v) is 2.63.